The minimum atomic E-state index is -4.86. The highest BCUT2D eigenvalue weighted by Gasteiger charge is 2.19. The highest BCUT2D eigenvalue weighted by molar-refractivity contribution is 7.86. The molecule has 0 atom stereocenters. The number of nitrogens with one attached hydrogen (secondary N) is 2. The Bertz CT molecular complexity index is 2840. The first-order valence-electron chi connectivity index (χ1n) is 19.0. The average Bonchev–Trinajstić information content (AvgIpc) is 3.27. The van der Waals surface area contributed by atoms with Gasteiger partial charge in [0, 0.05) is 23.5 Å². The van der Waals surface area contributed by atoms with E-state index in [1.54, 1.807) is 97.1 Å². The van der Waals surface area contributed by atoms with Crippen LogP contribution in [0.3, 0.4) is 0 Å². The highest BCUT2D eigenvalue weighted by Crippen LogP contribution is 2.32. The maximum absolute atomic E-state index is 12.7. The van der Waals surface area contributed by atoms with Crippen LogP contribution in [0.4, 0.5) is 23.0 Å². The van der Waals surface area contributed by atoms with E-state index in [-0.39, 0.29) is 57.9 Å². The van der Waals surface area contributed by atoms with Crippen LogP contribution in [0.25, 0.3) is 12.2 Å². The largest absolute Gasteiger partial charge is 0.439 e. The van der Waals surface area contributed by atoms with E-state index in [0.29, 0.717) is 23.0 Å². The third kappa shape index (κ3) is 11.4. The third-order valence-electron chi connectivity index (χ3n) is 8.77. The maximum atomic E-state index is 12.7. The van der Waals surface area contributed by atoms with Gasteiger partial charge in [-0.1, -0.05) is 97.1 Å². The zero-order valence-corrected chi connectivity index (χ0v) is 34.7. The van der Waals surface area contributed by atoms with Crippen molar-refractivity contribution in [1.29, 1.82) is 0 Å². The number of para-hydroxylation sites is 4. The molecule has 2 heterocycles. The van der Waals surface area contributed by atoms with Crippen LogP contribution in [0.15, 0.2) is 180 Å². The lowest BCUT2D eigenvalue weighted by atomic mass is 10.1. The van der Waals surface area contributed by atoms with Gasteiger partial charge in [-0.3, -0.25) is 9.11 Å². The van der Waals surface area contributed by atoms with Gasteiger partial charge >= 0.3 is 12.0 Å². The molecule has 0 aliphatic rings. The van der Waals surface area contributed by atoms with Crippen molar-refractivity contribution in [2.45, 2.75) is 9.79 Å². The second-order valence-electron chi connectivity index (χ2n) is 13.4. The minimum Gasteiger partial charge on any atom is -0.439 e. The molecule has 8 rings (SSSR count). The second kappa shape index (κ2) is 18.8. The summed E-state index contributed by atoms with van der Waals surface area (Å²) in [5.41, 5.74) is 0.345. The Hall–Kier alpha value is -8.16. The van der Waals surface area contributed by atoms with E-state index in [2.05, 4.69) is 30.6 Å². The smallest absolute Gasteiger partial charge is 0.327 e. The van der Waals surface area contributed by atoms with Crippen molar-refractivity contribution in [2.75, 3.05) is 10.6 Å². The van der Waals surface area contributed by atoms with Crippen LogP contribution in [-0.4, -0.2) is 45.9 Å². The molecule has 64 heavy (non-hydrogen) atoms. The first kappa shape index (κ1) is 42.5. The number of rotatable bonds is 16. The summed E-state index contributed by atoms with van der Waals surface area (Å²) in [6.07, 6.45) is 2.55. The van der Waals surface area contributed by atoms with E-state index in [0.717, 1.165) is 12.1 Å². The van der Waals surface area contributed by atoms with E-state index in [1.165, 1.54) is 48.6 Å². The van der Waals surface area contributed by atoms with Crippen molar-refractivity contribution in [3.63, 3.8) is 0 Å². The number of ether oxygens (including phenoxy) is 4. The number of hydrogen-bond donors (Lipinski definition) is 4. The first-order chi connectivity index (χ1) is 30.9. The van der Waals surface area contributed by atoms with E-state index in [9.17, 15) is 25.9 Å². The number of nitrogens with zero attached hydrogens (tertiary/aromatic N) is 4. The Balaban J connectivity index is 1.07. The van der Waals surface area contributed by atoms with Gasteiger partial charge < -0.3 is 29.6 Å². The molecular formula is C46H34N6O10S2. The molecule has 0 aliphatic heterocycles. The molecule has 0 aliphatic carbocycles. The molecule has 0 saturated carbocycles. The van der Waals surface area contributed by atoms with Crippen LogP contribution in [0, 0.1) is 0 Å². The Labute approximate surface area is 367 Å². The van der Waals surface area contributed by atoms with Gasteiger partial charge in [-0.05, 0) is 83.9 Å². The van der Waals surface area contributed by atoms with Gasteiger partial charge in [0.1, 0.15) is 44.4 Å². The minimum absolute atomic E-state index is 0.0155. The fourth-order valence-corrected chi connectivity index (χ4v) is 7.38. The van der Waals surface area contributed by atoms with E-state index in [1.807, 2.05) is 24.3 Å². The highest BCUT2D eigenvalue weighted by atomic mass is 32.2. The summed E-state index contributed by atoms with van der Waals surface area (Å²) in [4.78, 5) is 16.5. The summed E-state index contributed by atoms with van der Waals surface area (Å²) in [6.45, 7) is 0. The molecule has 0 fully saturated rings. The Morgan fingerprint density at radius 1 is 0.406 bits per heavy atom. The monoisotopic (exact) mass is 894 g/mol. The standard InChI is InChI=1S/C46H34N6O10S2/c53-63(54,55)39-27-33(47-41-29-43(59-35-13-5-1-6-14-35)51-45(49-41)61-37-17-9-3-10-18-37)25-23-31(39)21-22-32-24-26-34(28-40(32)64(56,57)58)48-42-30-44(60-36-15-7-2-8-16-36)52-46(50-42)62-38-19-11-4-12-20-38/h1-30H,(H,47,49,51)(H,48,50,52)(H,53,54,55)(H,56,57,58)/b22-21+. The predicted octanol–water partition coefficient (Wildman–Crippen LogP) is 10.6. The van der Waals surface area contributed by atoms with Gasteiger partial charge in [-0.15, -0.1) is 0 Å². The van der Waals surface area contributed by atoms with Crippen molar-refractivity contribution in [1.82, 2.24) is 19.9 Å². The van der Waals surface area contributed by atoms with Crippen molar-refractivity contribution in [2.24, 2.45) is 0 Å². The molecule has 2 aromatic heterocycles. The average molecular weight is 895 g/mol. The van der Waals surface area contributed by atoms with Crippen molar-refractivity contribution in [3.05, 3.63) is 181 Å². The molecule has 0 amide bonds. The van der Waals surface area contributed by atoms with Gasteiger partial charge in [-0.2, -0.15) is 36.8 Å². The summed E-state index contributed by atoms with van der Waals surface area (Å²) >= 11 is 0. The van der Waals surface area contributed by atoms with Crippen LogP contribution in [0.2, 0.25) is 0 Å². The van der Waals surface area contributed by atoms with Crippen molar-refractivity contribution < 1.29 is 44.9 Å². The lowest BCUT2D eigenvalue weighted by molar-refractivity contribution is 0.412. The molecule has 16 nitrogen and oxygen atoms in total. The van der Waals surface area contributed by atoms with Crippen LogP contribution >= 0.6 is 0 Å². The van der Waals surface area contributed by atoms with E-state index in [4.69, 9.17) is 18.9 Å². The fourth-order valence-electron chi connectivity index (χ4n) is 5.96. The predicted molar refractivity (Wildman–Crippen MR) is 238 cm³/mol. The quantitative estimate of drug-likeness (QED) is 0.0523. The maximum Gasteiger partial charge on any atom is 0.327 e. The third-order valence-corrected chi connectivity index (χ3v) is 10.6. The van der Waals surface area contributed by atoms with Crippen LogP contribution < -0.4 is 29.6 Å². The Kier molecular flexibility index (Phi) is 12.5. The zero-order chi connectivity index (χ0) is 44.5. The summed E-state index contributed by atoms with van der Waals surface area (Å²) < 4.78 is 95.1. The number of anilines is 4. The molecule has 0 bridgehead atoms. The van der Waals surface area contributed by atoms with Crippen molar-refractivity contribution >= 4 is 55.4 Å². The molecule has 8 aromatic rings. The van der Waals surface area contributed by atoms with E-state index >= 15 is 0 Å². The summed E-state index contributed by atoms with van der Waals surface area (Å²) in [7, 11) is -9.72. The normalized spacial score (nSPS) is 11.5. The van der Waals surface area contributed by atoms with Crippen molar-refractivity contribution in [3.8, 4) is 46.8 Å². The van der Waals surface area contributed by atoms with Gasteiger partial charge in [-0.25, -0.2) is 0 Å². The zero-order valence-electron chi connectivity index (χ0n) is 33.1. The molecule has 4 N–H and O–H groups in total. The van der Waals surface area contributed by atoms with Crippen LogP contribution in [0.1, 0.15) is 11.1 Å². The van der Waals surface area contributed by atoms with Crippen LogP contribution in [-0.2, 0) is 20.2 Å². The number of aromatic nitrogens is 4. The second-order valence-corrected chi connectivity index (χ2v) is 16.2. The molecule has 0 radical (unpaired) electrons. The first-order valence-corrected chi connectivity index (χ1v) is 21.9. The molecular weight excluding hydrogens is 861 g/mol. The Morgan fingerprint density at radius 2 is 0.734 bits per heavy atom. The lowest BCUT2D eigenvalue weighted by Crippen LogP contribution is -2.04. The van der Waals surface area contributed by atoms with Gasteiger partial charge in [0.15, 0.2) is 0 Å². The Morgan fingerprint density at radius 3 is 1.06 bits per heavy atom. The SMILES string of the molecule is O=S(=O)(O)c1cc(Nc2cc(Oc3ccccc3)nc(Oc3ccccc3)n2)ccc1/C=C/c1ccc(Nc2cc(Oc3ccccc3)nc(Oc3ccccc3)n2)cc1S(=O)(=O)O. The topological polar surface area (TPSA) is 221 Å². The lowest BCUT2D eigenvalue weighted by Gasteiger charge is -2.13. The molecule has 18 heteroatoms. The molecule has 320 valence electrons. The summed E-state index contributed by atoms with van der Waals surface area (Å²) in [6, 6.07) is 46.3. The fraction of sp³-hybridized carbons (Fsp3) is 0. The van der Waals surface area contributed by atoms with Gasteiger partial charge in [0.05, 0.1) is 0 Å². The van der Waals surface area contributed by atoms with Crippen LogP contribution in [0.5, 0.6) is 46.8 Å². The van der Waals surface area contributed by atoms with Gasteiger partial charge in [0.2, 0.25) is 11.8 Å². The van der Waals surface area contributed by atoms with Gasteiger partial charge in [0.25, 0.3) is 20.2 Å². The summed E-state index contributed by atoms with van der Waals surface area (Å²) in [5.74, 6) is 2.42. The number of hydrogen-bond acceptors (Lipinski definition) is 14. The molecule has 0 saturated heterocycles. The molecule has 0 spiro atoms. The molecule has 6 aromatic carbocycles. The summed E-state index contributed by atoms with van der Waals surface area (Å²) in [5, 5.41) is 6.00. The van der Waals surface area contributed by atoms with E-state index < -0.39 is 30.0 Å². The molecule has 0 unspecified atom stereocenters. The number of benzene rings is 6.